The summed E-state index contributed by atoms with van der Waals surface area (Å²) in [4.78, 5) is 29.4. The molecule has 1 heterocycles. The van der Waals surface area contributed by atoms with Crippen LogP contribution >= 0.6 is 0 Å². The quantitative estimate of drug-likeness (QED) is 0.490. The van der Waals surface area contributed by atoms with Crippen LogP contribution in [-0.4, -0.2) is 58.1 Å². The molecule has 6 nitrogen and oxygen atoms in total. The molecule has 1 amide bonds. The molecule has 1 aromatic carbocycles. The fourth-order valence-corrected chi connectivity index (χ4v) is 4.72. The number of Topliss-reactive ketones (excluding diaryl/α,β-unsaturated/α-hetero) is 1. The third-order valence-corrected chi connectivity index (χ3v) is 7.10. The highest BCUT2D eigenvalue weighted by Gasteiger charge is 2.36. The Bertz CT molecular complexity index is 885. The van der Waals surface area contributed by atoms with Crippen LogP contribution in [0.3, 0.4) is 0 Å². The first-order chi connectivity index (χ1) is 15.6. The number of rotatable bonds is 8. The number of ketones is 1. The minimum atomic E-state index is -0.317. The highest BCUT2D eigenvalue weighted by molar-refractivity contribution is 6.01. The first-order valence-electron chi connectivity index (χ1n) is 12.6. The largest absolute Gasteiger partial charge is 0.507 e. The number of nitrogens with zero attached hydrogens (tertiary/aromatic N) is 2. The van der Waals surface area contributed by atoms with Crippen LogP contribution in [0.5, 0.6) is 5.75 Å². The maximum absolute atomic E-state index is 13.4. The van der Waals surface area contributed by atoms with Gasteiger partial charge in [0.05, 0.1) is 12.6 Å². The molecule has 34 heavy (non-hydrogen) atoms. The topological polar surface area (TPSA) is 84.7 Å². The Kier molecular flexibility index (Phi) is 8.60. The number of hydrogen-bond donors (Lipinski definition) is 2. The molecule has 0 saturated carbocycles. The summed E-state index contributed by atoms with van der Waals surface area (Å²) in [5, 5.41) is 19.7. The van der Waals surface area contributed by atoms with Gasteiger partial charge in [-0.15, -0.1) is 0 Å². The van der Waals surface area contributed by atoms with E-state index >= 15 is 0 Å². The van der Waals surface area contributed by atoms with Crippen molar-refractivity contribution in [2.24, 2.45) is 5.92 Å². The molecule has 1 saturated heterocycles. The van der Waals surface area contributed by atoms with Crippen LogP contribution in [0.1, 0.15) is 103 Å². The predicted molar refractivity (Wildman–Crippen MR) is 139 cm³/mol. The molecule has 0 bridgehead atoms. The lowest BCUT2D eigenvalue weighted by Gasteiger charge is -2.31. The molecular formula is C28H45N3O3. The molecule has 1 fully saturated rings. The summed E-state index contributed by atoms with van der Waals surface area (Å²) < 4.78 is 0. The van der Waals surface area contributed by atoms with Crippen LogP contribution in [0.2, 0.25) is 0 Å². The third kappa shape index (κ3) is 6.19. The van der Waals surface area contributed by atoms with Gasteiger partial charge in [0.1, 0.15) is 11.6 Å². The van der Waals surface area contributed by atoms with Crippen LogP contribution < -0.4 is 0 Å². The molecule has 0 aromatic heterocycles. The maximum Gasteiger partial charge on any atom is 0.220 e. The summed E-state index contributed by atoms with van der Waals surface area (Å²) in [6, 6.07) is 3.33. The molecule has 1 unspecified atom stereocenters. The average molecular weight is 472 g/mol. The van der Waals surface area contributed by atoms with Crippen molar-refractivity contribution in [3.63, 3.8) is 0 Å². The van der Waals surface area contributed by atoms with Gasteiger partial charge >= 0.3 is 0 Å². The maximum atomic E-state index is 13.4. The fraction of sp³-hybridized carbons (Fsp3) is 0.679. The van der Waals surface area contributed by atoms with Crippen LogP contribution in [0.15, 0.2) is 12.1 Å². The molecule has 6 heteroatoms. The highest BCUT2D eigenvalue weighted by atomic mass is 16.3. The number of carbonyl (C=O) groups excluding carboxylic acids is 2. The number of likely N-dealkylation sites (tertiary alicyclic amines) is 1. The fourth-order valence-electron chi connectivity index (χ4n) is 4.72. The zero-order valence-corrected chi connectivity index (χ0v) is 22.7. The van der Waals surface area contributed by atoms with Gasteiger partial charge in [0.15, 0.2) is 5.78 Å². The van der Waals surface area contributed by atoms with Crippen molar-refractivity contribution in [2.75, 3.05) is 19.6 Å². The van der Waals surface area contributed by atoms with E-state index in [1.54, 1.807) is 24.0 Å². The highest BCUT2D eigenvalue weighted by Crippen LogP contribution is 2.40. The van der Waals surface area contributed by atoms with E-state index < -0.39 is 0 Å². The van der Waals surface area contributed by atoms with Crippen molar-refractivity contribution in [1.82, 2.24) is 9.80 Å². The summed E-state index contributed by atoms with van der Waals surface area (Å²) in [5.41, 5.74) is 1.44. The van der Waals surface area contributed by atoms with E-state index in [-0.39, 0.29) is 40.9 Å². The van der Waals surface area contributed by atoms with Gasteiger partial charge in [-0.2, -0.15) is 0 Å². The van der Waals surface area contributed by atoms with Crippen LogP contribution in [0.25, 0.3) is 0 Å². The lowest BCUT2D eigenvalue weighted by Crippen LogP contribution is -2.46. The van der Waals surface area contributed by atoms with Gasteiger partial charge in [-0.1, -0.05) is 68.2 Å². The first-order valence-corrected chi connectivity index (χ1v) is 12.6. The van der Waals surface area contributed by atoms with Crippen molar-refractivity contribution in [3.8, 4) is 5.75 Å². The van der Waals surface area contributed by atoms with Crippen LogP contribution in [0.4, 0.5) is 0 Å². The molecular weight excluding hydrogens is 426 g/mol. The molecule has 0 radical (unpaired) electrons. The van der Waals surface area contributed by atoms with Gasteiger partial charge in [0.25, 0.3) is 0 Å². The molecule has 0 aliphatic carbocycles. The molecule has 2 N–H and O–H groups in total. The summed E-state index contributed by atoms with van der Waals surface area (Å²) in [7, 11) is 0. The number of carbonyl (C=O) groups is 2. The number of amidine groups is 1. The van der Waals surface area contributed by atoms with Crippen LogP contribution in [0, 0.1) is 11.3 Å². The zero-order valence-electron chi connectivity index (χ0n) is 22.7. The van der Waals surface area contributed by atoms with Crippen molar-refractivity contribution in [1.29, 1.82) is 5.41 Å². The van der Waals surface area contributed by atoms with Crippen molar-refractivity contribution < 1.29 is 14.7 Å². The Morgan fingerprint density at radius 2 is 1.59 bits per heavy atom. The standard InChI is InChI=1S/C28H45N3O3/c1-10-19(11-2)16-31(18(3)32)23-12-13-30(26(23)29)17-24(33)20-14-21(27(4,5)6)25(34)22(15-20)28(7,8)9/h14-15,19,23,29,34H,10-13,16-17H2,1-9H3. The van der Waals surface area contributed by atoms with E-state index in [0.717, 1.165) is 24.0 Å². The summed E-state index contributed by atoms with van der Waals surface area (Å²) >= 11 is 0. The second-order valence-electron chi connectivity index (χ2n) is 11.8. The second-order valence-corrected chi connectivity index (χ2v) is 11.8. The minimum Gasteiger partial charge on any atom is -0.507 e. The summed E-state index contributed by atoms with van der Waals surface area (Å²) in [5.74, 6) is 0.925. The molecule has 1 aliphatic rings. The van der Waals surface area contributed by atoms with E-state index in [9.17, 15) is 14.7 Å². The Labute approximate surface area is 206 Å². The lowest BCUT2D eigenvalue weighted by molar-refractivity contribution is -0.130. The van der Waals surface area contributed by atoms with Crippen molar-refractivity contribution in [2.45, 2.75) is 98.4 Å². The minimum absolute atomic E-state index is 0.0157. The SMILES string of the molecule is CCC(CC)CN(C(C)=O)C1CCN(CC(=O)c2cc(C(C)(C)C)c(O)c(C(C)(C)C)c2)C1=N. The monoisotopic (exact) mass is 471 g/mol. The Morgan fingerprint density at radius 3 is 2.00 bits per heavy atom. The Morgan fingerprint density at radius 1 is 1.09 bits per heavy atom. The number of phenolic OH excluding ortho intramolecular Hbond substituents is 1. The third-order valence-electron chi connectivity index (χ3n) is 7.10. The van der Waals surface area contributed by atoms with Gasteiger partial charge in [-0.25, -0.2) is 0 Å². The van der Waals surface area contributed by atoms with Gasteiger partial charge in [0, 0.05) is 36.7 Å². The van der Waals surface area contributed by atoms with E-state index in [4.69, 9.17) is 5.41 Å². The number of aromatic hydroxyl groups is 1. The normalized spacial score (nSPS) is 16.9. The van der Waals surface area contributed by atoms with Crippen molar-refractivity contribution >= 4 is 17.5 Å². The number of amides is 1. The van der Waals surface area contributed by atoms with Gasteiger partial charge in [0.2, 0.25) is 5.91 Å². The van der Waals surface area contributed by atoms with Gasteiger partial charge in [-0.05, 0) is 35.3 Å². The molecule has 1 aromatic rings. The van der Waals surface area contributed by atoms with E-state index in [0.29, 0.717) is 36.8 Å². The number of hydrogen-bond acceptors (Lipinski definition) is 4. The number of benzene rings is 1. The smallest absolute Gasteiger partial charge is 0.220 e. The summed E-state index contributed by atoms with van der Waals surface area (Å²) in [6.07, 6.45) is 2.66. The molecule has 1 atom stereocenters. The molecule has 2 rings (SSSR count). The average Bonchev–Trinajstić information content (AvgIpc) is 3.07. The number of phenols is 1. The Hall–Kier alpha value is -2.37. The lowest BCUT2D eigenvalue weighted by atomic mass is 9.78. The molecule has 190 valence electrons. The Balaban J connectivity index is 2.29. The van der Waals surface area contributed by atoms with E-state index in [1.807, 2.05) is 46.4 Å². The first kappa shape index (κ1) is 27.9. The van der Waals surface area contributed by atoms with Crippen molar-refractivity contribution in [3.05, 3.63) is 28.8 Å². The van der Waals surface area contributed by atoms with E-state index in [1.165, 1.54) is 0 Å². The van der Waals surface area contributed by atoms with Gasteiger partial charge in [-0.3, -0.25) is 15.0 Å². The van der Waals surface area contributed by atoms with E-state index in [2.05, 4.69) is 13.8 Å². The zero-order chi connectivity index (χ0) is 26.0. The van der Waals surface area contributed by atoms with Crippen LogP contribution in [-0.2, 0) is 15.6 Å². The molecule has 1 aliphatic heterocycles. The van der Waals surface area contributed by atoms with Gasteiger partial charge < -0.3 is 14.9 Å². The predicted octanol–water partition coefficient (Wildman–Crippen LogP) is 5.51. The number of nitrogens with one attached hydrogen (secondary N) is 1. The molecule has 0 spiro atoms. The second kappa shape index (κ2) is 10.5. The summed E-state index contributed by atoms with van der Waals surface area (Å²) in [6.45, 7) is 19.3.